The number of aryl methyl sites for hydroxylation is 1. The second kappa shape index (κ2) is 11.7. The maximum absolute atomic E-state index is 11.7. The summed E-state index contributed by atoms with van der Waals surface area (Å²) in [6, 6.07) is 27.3. The lowest BCUT2D eigenvalue weighted by Gasteiger charge is -2.27. The molecular weight excluding hydrogens is 502 g/mol. The van der Waals surface area contributed by atoms with Crippen LogP contribution in [-0.2, 0) is 12.8 Å². The third kappa shape index (κ3) is 6.53. The number of rotatable bonds is 9. The van der Waals surface area contributed by atoms with Crippen LogP contribution < -0.4 is 14.8 Å². The fraction of sp³-hybridized carbons (Fsp3) is 0.194. The van der Waals surface area contributed by atoms with Gasteiger partial charge in [0, 0.05) is 23.7 Å². The van der Waals surface area contributed by atoms with E-state index in [9.17, 15) is 15.0 Å². The first-order chi connectivity index (χ1) is 18.4. The SMILES string of the molecule is O=C(O)c1cc(Oc2ccccc2)cc(Oc2ccc3c(c2)C[C@@H](NC[C@@H](O)c2cccc(Cl)c2)CC3)c1. The van der Waals surface area contributed by atoms with Crippen molar-refractivity contribution >= 4 is 17.6 Å². The van der Waals surface area contributed by atoms with E-state index in [2.05, 4.69) is 11.4 Å². The van der Waals surface area contributed by atoms with Gasteiger partial charge in [-0.3, -0.25) is 0 Å². The molecule has 0 heterocycles. The van der Waals surface area contributed by atoms with Gasteiger partial charge in [-0.05, 0) is 84.5 Å². The summed E-state index contributed by atoms with van der Waals surface area (Å²) in [7, 11) is 0. The fourth-order valence-electron chi connectivity index (χ4n) is 4.65. The number of benzene rings is 4. The molecule has 4 aromatic rings. The van der Waals surface area contributed by atoms with Crippen molar-refractivity contribution in [2.45, 2.75) is 31.4 Å². The van der Waals surface area contributed by atoms with Crippen molar-refractivity contribution in [2.75, 3.05) is 6.54 Å². The number of nitrogens with one attached hydrogen (secondary N) is 1. The van der Waals surface area contributed by atoms with Crippen LogP contribution in [0.1, 0.15) is 39.6 Å². The Bertz CT molecular complexity index is 1430. The second-order valence-corrected chi connectivity index (χ2v) is 9.80. The van der Waals surface area contributed by atoms with Gasteiger partial charge in [-0.2, -0.15) is 0 Å². The van der Waals surface area contributed by atoms with Gasteiger partial charge >= 0.3 is 5.97 Å². The van der Waals surface area contributed by atoms with Gasteiger partial charge in [0.05, 0.1) is 11.7 Å². The maximum atomic E-state index is 11.7. The Kier molecular flexibility index (Phi) is 7.94. The number of ether oxygens (including phenoxy) is 2. The molecule has 7 heteroatoms. The molecule has 0 radical (unpaired) electrons. The molecule has 0 aliphatic heterocycles. The van der Waals surface area contributed by atoms with Crippen molar-refractivity contribution in [3.8, 4) is 23.0 Å². The quantitative estimate of drug-likeness (QED) is 0.221. The molecule has 0 amide bonds. The molecule has 2 atom stereocenters. The number of carbonyl (C=O) groups is 1. The molecular formula is C31H28ClNO5. The molecule has 6 nitrogen and oxygen atoms in total. The van der Waals surface area contributed by atoms with Crippen LogP contribution in [0.25, 0.3) is 0 Å². The highest BCUT2D eigenvalue weighted by Gasteiger charge is 2.20. The third-order valence-corrected chi connectivity index (χ3v) is 6.82. The van der Waals surface area contributed by atoms with Gasteiger partial charge in [-0.25, -0.2) is 4.79 Å². The van der Waals surface area contributed by atoms with E-state index in [-0.39, 0.29) is 11.6 Å². The number of aromatic carboxylic acids is 1. The van der Waals surface area contributed by atoms with Gasteiger partial charge in [0.1, 0.15) is 23.0 Å². The monoisotopic (exact) mass is 529 g/mol. The first-order valence-electron chi connectivity index (χ1n) is 12.5. The molecule has 1 aliphatic carbocycles. The largest absolute Gasteiger partial charge is 0.478 e. The summed E-state index contributed by atoms with van der Waals surface area (Å²) < 4.78 is 12.0. The van der Waals surface area contributed by atoms with Gasteiger partial charge in [0.2, 0.25) is 0 Å². The van der Waals surface area contributed by atoms with Crippen LogP contribution in [0.5, 0.6) is 23.0 Å². The number of hydrogen-bond acceptors (Lipinski definition) is 5. The van der Waals surface area contributed by atoms with Gasteiger partial charge in [0.15, 0.2) is 0 Å². The predicted molar refractivity (Wildman–Crippen MR) is 147 cm³/mol. The summed E-state index contributed by atoms with van der Waals surface area (Å²) in [5.74, 6) is 0.926. The number of aliphatic hydroxyl groups excluding tert-OH is 1. The third-order valence-electron chi connectivity index (χ3n) is 6.58. The van der Waals surface area contributed by atoms with Crippen LogP contribution in [0, 0.1) is 0 Å². The van der Waals surface area contributed by atoms with Gasteiger partial charge < -0.3 is 25.0 Å². The molecule has 0 aromatic heterocycles. The van der Waals surface area contributed by atoms with Crippen LogP contribution in [-0.4, -0.2) is 28.8 Å². The van der Waals surface area contributed by atoms with E-state index in [1.807, 2.05) is 42.5 Å². The molecule has 3 N–H and O–H groups in total. The molecule has 4 aromatic carbocycles. The molecule has 38 heavy (non-hydrogen) atoms. The number of fused-ring (bicyclic) bond motifs is 1. The lowest BCUT2D eigenvalue weighted by molar-refractivity contribution is 0.0696. The van der Waals surface area contributed by atoms with E-state index >= 15 is 0 Å². The second-order valence-electron chi connectivity index (χ2n) is 9.36. The van der Waals surface area contributed by atoms with E-state index in [0.717, 1.165) is 24.8 Å². The number of para-hydroxylation sites is 1. The zero-order chi connectivity index (χ0) is 26.5. The fourth-order valence-corrected chi connectivity index (χ4v) is 4.85. The Balaban J connectivity index is 1.27. The molecule has 1 aliphatic rings. The summed E-state index contributed by atoms with van der Waals surface area (Å²) in [6.45, 7) is 0.433. The Labute approximate surface area is 226 Å². The van der Waals surface area contributed by atoms with Gasteiger partial charge in [-0.1, -0.05) is 48.0 Å². The van der Waals surface area contributed by atoms with Crippen molar-refractivity contribution in [2.24, 2.45) is 0 Å². The molecule has 0 fully saturated rings. The average Bonchev–Trinajstić information content (AvgIpc) is 2.92. The Morgan fingerprint density at radius 1 is 0.868 bits per heavy atom. The van der Waals surface area contributed by atoms with Crippen LogP contribution in [0.2, 0.25) is 5.02 Å². The van der Waals surface area contributed by atoms with Crippen molar-refractivity contribution in [1.29, 1.82) is 0 Å². The van der Waals surface area contributed by atoms with Crippen molar-refractivity contribution < 1.29 is 24.5 Å². The van der Waals surface area contributed by atoms with Gasteiger partial charge in [-0.15, -0.1) is 0 Å². The highest BCUT2D eigenvalue weighted by Crippen LogP contribution is 2.33. The summed E-state index contributed by atoms with van der Waals surface area (Å²) >= 11 is 6.06. The normalized spacial score (nSPS) is 15.4. The van der Waals surface area contributed by atoms with E-state index in [0.29, 0.717) is 34.6 Å². The summed E-state index contributed by atoms with van der Waals surface area (Å²) in [5, 5.41) is 24.2. The summed E-state index contributed by atoms with van der Waals surface area (Å²) in [4.78, 5) is 11.7. The molecule has 5 rings (SSSR count). The predicted octanol–water partition coefficient (Wildman–Crippen LogP) is 6.80. The number of carboxylic acid groups (broad SMARTS) is 1. The molecule has 0 unspecified atom stereocenters. The number of aliphatic hydroxyl groups is 1. The highest BCUT2D eigenvalue weighted by atomic mass is 35.5. The van der Waals surface area contributed by atoms with Crippen LogP contribution in [0.3, 0.4) is 0 Å². The Morgan fingerprint density at radius 2 is 1.63 bits per heavy atom. The van der Waals surface area contributed by atoms with E-state index in [1.54, 1.807) is 30.3 Å². The number of hydrogen-bond donors (Lipinski definition) is 3. The summed E-state index contributed by atoms with van der Waals surface area (Å²) in [5.41, 5.74) is 3.29. The lowest BCUT2D eigenvalue weighted by atomic mass is 9.88. The first kappa shape index (κ1) is 25.8. The smallest absolute Gasteiger partial charge is 0.335 e. The van der Waals surface area contributed by atoms with E-state index in [1.165, 1.54) is 23.3 Å². The average molecular weight is 530 g/mol. The van der Waals surface area contributed by atoms with Gasteiger partial charge in [0.25, 0.3) is 0 Å². The molecule has 0 saturated heterocycles. The Morgan fingerprint density at radius 3 is 2.37 bits per heavy atom. The minimum atomic E-state index is -1.06. The number of halogens is 1. The molecule has 0 bridgehead atoms. The Hall–Kier alpha value is -3.84. The lowest BCUT2D eigenvalue weighted by Crippen LogP contribution is -2.37. The van der Waals surface area contributed by atoms with Crippen molar-refractivity contribution in [1.82, 2.24) is 5.32 Å². The van der Waals surface area contributed by atoms with Crippen LogP contribution >= 0.6 is 11.6 Å². The standard InChI is InChI=1S/C31H28ClNO5/c32-24-6-4-5-21(13-24)30(34)19-33-25-11-9-20-10-12-27(15-22(20)14-25)38-29-17-23(31(35)36)16-28(18-29)37-26-7-2-1-3-8-26/h1-8,10,12-13,15-18,25,30,33-34H,9,11,14,19H2,(H,35,36)/t25-,30+/m0/s1. The summed E-state index contributed by atoms with van der Waals surface area (Å²) in [6.07, 6.45) is 2.05. The van der Waals surface area contributed by atoms with Crippen LogP contribution in [0.15, 0.2) is 91.0 Å². The molecule has 0 saturated carbocycles. The minimum Gasteiger partial charge on any atom is -0.478 e. The van der Waals surface area contributed by atoms with E-state index in [4.69, 9.17) is 21.1 Å². The first-order valence-corrected chi connectivity index (χ1v) is 12.9. The minimum absolute atomic E-state index is 0.0777. The van der Waals surface area contributed by atoms with Crippen molar-refractivity contribution in [3.63, 3.8) is 0 Å². The maximum Gasteiger partial charge on any atom is 0.335 e. The van der Waals surface area contributed by atoms with Crippen LogP contribution in [0.4, 0.5) is 0 Å². The highest BCUT2D eigenvalue weighted by molar-refractivity contribution is 6.30. The molecule has 0 spiro atoms. The number of carboxylic acids is 1. The van der Waals surface area contributed by atoms with E-state index < -0.39 is 12.1 Å². The van der Waals surface area contributed by atoms with Crippen molar-refractivity contribution in [3.05, 3.63) is 118 Å². The zero-order valence-corrected chi connectivity index (χ0v) is 21.4. The topological polar surface area (TPSA) is 88.0 Å². The molecule has 194 valence electrons. The zero-order valence-electron chi connectivity index (χ0n) is 20.6.